The van der Waals surface area contributed by atoms with E-state index in [2.05, 4.69) is 15.8 Å². The summed E-state index contributed by atoms with van der Waals surface area (Å²) in [6, 6.07) is 1.39. The molecule has 3 N–H and O–H groups in total. The zero-order valence-corrected chi connectivity index (χ0v) is 10.3. The van der Waals surface area contributed by atoms with E-state index in [-0.39, 0.29) is 12.4 Å². The van der Waals surface area contributed by atoms with E-state index in [0.29, 0.717) is 5.92 Å². The number of aromatic nitrogens is 1. The van der Waals surface area contributed by atoms with Crippen molar-refractivity contribution in [3.05, 3.63) is 23.0 Å². The van der Waals surface area contributed by atoms with E-state index in [1.54, 1.807) is 0 Å². The molecule has 1 aliphatic rings. The molecule has 0 aliphatic heterocycles. The van der Waals surface area contributed by atoms with E-state index in [4.69, 9.17) is 5.73 Å². The molecular weight excluding hydrogens is 228 g/mol. The summed E-state index contributed by atoms with van der Waals surface area (Å²) in [7, 11) is 1.35. The third kappa shape index (κ3) is 2.39. The molecule has 1 aromatic rings. The van der Waals surface area contributed by atoms with Crippen molar-refractivity contribution >= 4 is 18.4 Å². The molecule has 0 saturated heterocycles. The van der Waals surface area contributed by atoms with Crippen molar-refractivity contribution in [1.82, 2.24) is 4.98 Å². The molecule has 5 heteroatoms. The van der Waals surface area contributed by atoms with Crippen LogP contribution in [-0.2, 0) is 9.53 Å². The summed E-state index contributed by atoms with van der Waals surface area (Å²) in [5.74, 6) is 0.240. The second-order valence-corrected chi connectivity index (χ2v) is 4.10. The van der Waals surface area contributed by atoms with Crippen LogP contribution in [0.25, 0.3) is 0 Å². The monoisotopic (exact) mass is 244 g/mol. The number of hydrogen-bond donors (Lipinski definition) is 2. The summed E-state index contributed by atoms with van der Waals surface area (Å²) in [4.78, 5) is 14.5. The van der Waals surface area contributed by atoms with Crippen molar-refractivity contribution in [1.29, 1.82) is 0 Å². The topological polar surface area (TPSA) is 68.1 Å². The Hall–Kier alpha value is -1.00. The first-order chi connectivity index (χ1) is 7.13. The van der Waals surface area contributed by atoms with E-state index in [1.165, 1.54) is 25.6 Å². The van der Waals surface area contributed by atoms with Crippen LogP contribution < -0.4 is 5.73 Å². The van der Waals surface area contributed by atoms with Crippen molar-refractivity contribution in [2.24, 2.45) is 5.73 Å². The van der Waals surface area contributed by atoms with Gasteiger partial charge in [-0.1, -0.05) is 0 Å². The molecule has 1 atom stereocenters. The van der Waals surface area contributed by atoms with Crippen molar-refractivity contribution < 1.29 is 9.53 Å². The van der Waals surface area contributed by atoms with Crippen LogP contribution in [0.15, 0.2) is 6.07 Å². The Kier molecular flexibility index (Phi) is 3.99. The fourth-order valence-corrected chi connectivity index (χ4v) is 1.78. The largest absolute Gasteiger partial charge is 0.468 e. The van der Waals surface area contributed by atoms with Gasteiger partial charge in [-0.05, 0) is 37.3 Å². The molecule has 0 radical (unpaired) electrons. The molecule has 1 aliphatic carbocycles. The molecule has 0 aromatic carbocycles. The third-order valence-electron chi connectivity index (χ3n) is 2.86. The third-order valence-corrected chi connectivity index (χ3v) is 2.86. The molecule has 16 heavy (non-hydrogen) atoms. The van der Waals surface area contributed by atoms with Crippen LogP contribution in [0.5, 0.6) is 0 Å². The number of carbonyl (C=O) groups is 1. The van der Waals surface area contributed by atoms with Gasteiger partial charge in [-0.2, -0.15) is 0 Å². The van der Waals surface area contributed by atoms with Gasteiger partial charge in [0, 0.05) is 11.4 Å². The predicted molar refractivity (Wildman–Crippen MR) is 63.7 cm³/mol. The van der Waals surface area contributed by atoms with Crippen LogP contribution in [0.3, 0.4) is 0 Å². The summed E-state index contributed by atoms with van der Waals surface area (Å²) >= 11 is 0. The molecule has 1 unspecified atom stereocenters. The summed E-state index contributed by atoms with van der Waals surface area (Å²) in [6.45, 7) is 1.96. The standard InChI is InChI=1S/C11H16N2O2.ClH/c1-6-5-8(7-3-4-7)13-10(6)9(12)11(14)15-2;/h5,7,9,13H,3-4,12H2,1-2H3;1H. The van der Waals surface area contributed by atoms with Gasteiger partial charge >= 0.3 is 5.97 Å². The fourth-order valence-electron chi connectivity index (χ4n) is 1.78. The lowest BCUT2D eigenvalue weighted by molar-refractivity contribution is -0.142. The number of methoxy groups -OCH3 is 1. The van der Waals surface area contributed by atoms with Gasteiger partial charge in [0.1, 0.15) is 6.04 Å². The number of aromatic amines is 1. The number of nitrogens with one attached hydrogen (secondary N) is 1. The minimum atomic E-state index is -0.692. The van der Waals surface area contributed by atoms with Crippen LogP contribution in [0.2, 0.25) is 0 Å². The Morgan fingerprint density at radius 2 is 2.25 bits per heavy atom. The predicted octanol–water partition coefficient (Wildman–Crippen LogP) is 1.80. The number of halogens is 1. The Morgan fingerprint density at radius 3 is 2.75 bits per heavy atom. The highest BCUT2D eigenvalue weighted by atomic mass is 35.5. The van der Waals surface area contributed by atoms with Gasteiger partial charge in [0.2, 0.25) is 0 Å². The summed E-state index contributed by atoms with van der Waals surface area (Å²) in [5.41, 5.74) is 8.79. The Bertz CT molecular complexity index is 385. The number of carbonyl (C=O) groups excluding carboxylic acids is 1. The van der Waals surface area contributed by atoms with Crippen LogP contribution >= 0.6 is 12.4 Å². The van der Waals surface area contributed by atoms with Crippen molar-refractivity contribution in [2.45, 2.75) is 31.7 Å². The number of ether oxygens (including phenoxy) is 1. The number of rotatable bonds is 3. The summed E-state index contributed by atoms with van der Waals surface area (Å²) in [6.07, 6.45) is 2.46. The normalized spacial score (nSPS) is 16.4. The molecule has 90 valence electrons. The molecule has 1 saturated carbocycles. The van der Waals surface area contributed by atoms with Gasteiger partial charge in [-0.25, -0.2) is 4.79 Å². The first-order valence-electron chi connectivity index (χ1n) is 5.16. The molecule has 1 aromatic heterocycles. The smallest absolute Gasteiger partial charge is 0.328 e. The highest BCUT2D eigenvalue weighted by Gasteiger charge is 2.28. The van der Waals surface area contributed by atoms with Gasteiger partial charge in [-0.3, -0.25) is 0 Å². The number of esters is 1. The lowest BCUT2D eigenvalue weighted by Gasteiger charge is -2.08. The maximum absolute atomic E-state index is 11.3. The SMILES string of the molecule is COC(=O)C(N)c1[nH]c(C2CC2)cc1C.Cl. The zero-order valence-electron chi connectivity index (χ0n) is 9.45. The van der Waals surface area contributed by atoms with E-state index in [9.17, 15) is 4.79 Å². The van der Waals surface area contributed by atoms with Crippen molar-refractivity contribution in [2.75, 3.05) is 7.11 Å². The average molecular weight is 245 g/mol. The van der Waals surface area contributed by atoms with Crippen LogP contribution in [0.4, 0.5) is 0 Å². The summed E-state index contributed by atoms with van der Waals surface area (Å²) < 4.78 is 4.62. The van der Waals surface area contributed by atoms with Gasteiger partial charge in [-0.15, -0.1) is 12.4 Å². The molecule has 4 nitrogen and oxygen atoms in total. The van der Waals surface area contributed by atoms with Crippen LogP contribution in [0.1, 0.15) is 41.8 Å². The molecule has 1 heterocycles. The Morgan fingerprint density at radius 1 is 1.62 bits per heavy atom. The minimum absolute atomic E-state index is 0. The Labute approximate surface area is 101 Å². The first kappa shape index (κ1) is 13.1. The van der Waals surface area contributed by atoms with Crippen molar-refractivity contribution in [3.8, 4) is 0 Å². The minimum Gasteiger partial charge on any atom is -0.468 e. The fraction of sp³-hybridized carbons (Fsp3) is 0.545. The molecule has 0 spiro atoms. The first-order valence-corrected chi connectivity index (χ1v) is 5.16. The van der Waals surface area contributed by atoms with E-state index in [1.807, 2.05) is 6.92 Å². The molecular formula is C11H17ClN2O2. The maximum atomic E-state index is 11.3. The average Bonchev–Trinajstić information content (AvgIpc) is 3.00. The van der Waals surface area contributed by atoms with Gasteiger partial charge in [0.15, 0.2) is 0 Å². The molecule has 0 amide bonds. The van der Waals surface area contributed by atoms with Gasteiger partial charge in [0.25, 0.3) is 0 Å². The number of nitrogens with two attached hydrogens (primary N) is 1. The lowest BCUT2D eigenvalue weighted by atomic mass is 10.1. The second-order valence-electron chi connectivity index (χ2n) is 4.10. The number of H-pyrrole nitrogens is 1. The van der Waals surface area contributed by atoms with Gasteiger partial charge in [0.05, 0.1) is 7.11 Å². The van der Waals surface area contributed by atoms with E-state index >= 15 is 0 Å². The highest BCUT2D eigenvalue weighted by Crippen LogP contribution is 2.40. The molecule has 2 rings (SSSR count). The molecule has 0 bridgehead atoms. The van der Waals surface area contributed by atoms with Crippen LogP contribution in [-0.4, -0.2) is 18.1 Å². The van der Waals surface area contributed by atoms with E-state index < -0.39 is 12.0 Å². The molecule has 1 fully saturated rings. The summed E-state index contributed by atoms with van der Waals surface area (Å²) in [5, 5.41) is 0. The second kappa shape index (κ2) is 4.89. The van der Waals surface area contributed by atoms with Crippen molar-refractivity contribution in [3.63, 3.8) is 0 Å². The maximum Gasteiger partial charge on any atom is 0.328 e. The Balaban J connectivity index is 0.00000128. The zero-order chi connectivity index (χ0) is 11.0. The number of hydrogen-bond acceptors (Lipinski definition) is 3. The van der Waals surface area contributed by atoms with Gasteiger partial charge < -0.3 is 15.5 Å². The van der Waals surface area contributed by atoms with E-state index in [0.717, 1.165) is 11.3 Å². The lowest BCUT2D eigenvalue weighted by Crippen LogP contribution is -2.23. The highest BCUT2D eigenvalue weighted by molar-refractivity contribution is 5.85. The van der Waals surface area contributed by atoms with Crippen LogP contribution in [0, 0.1) is 6.92 Å². The number of aryl methyl sites for hydroxylation is 1. The quantitative estimate of drug-likeness (QED) is 0.797.